The molecule has 0 aliphatic heterocycles. The minimum absolute atomic E-state index is 0.439. The van der Waals surface area contributed by atoms with E-state index in [-0.39, 0.29) is 0 Å². The van der Waals surface area contributed by atoms with E-state index in [1.165, 1.54) is 16.7 Å². The average Bonchev–Trinajstić information content (AvgIpc) is 3.87. The number of hydrogen-bond donors (Lipinski definition) is 1. The van der Waals surface area contributed by atoms with Gasteiger partial charge in [-0.2, -0.15) is 0 Å². The highest BCUT2D eigenvalue weighted by molar-refractivity contribution is 5.98. The van der Waals surface area contributed by atoms with Gasteiger partial charge in [0, 0.05) is 31.6 Å². The number of rotatable bonds is 14. The maximum absolute atomic E-state index is 12.6. The van der Waals surface area contributed by atoms with E-state index in [0.717, 1.165) is 48.4 Å². The normalized spacial score (nSPS) is 16.3. The Balaban J connectivity index is 1.23. The molecule has 0 aromatic heterocycles. The summed E-state index contributed by atoms with van der Waals surface area (Å²) in [5.74, 6) is 1.94. The van der Waals surface area contributed by atoms with Crippen LogP contribution in [0.2, 0.25) is 0 Å². The number of hydrogen-bond acceptors (Lipinski definition) is 5. The summed E-state index contributed by atoms with van der Waals surface area (Å²) in [6.07, 6.45) is 1.58. The quantitative estimate of drug-likeness (QED) is 0.151. The molecule has 234 valence electrons. The molecule has 1 aliphatic rings. The van der Waals surface area contributed by atoms with E-state index in [4.69, 9.17) is 9.47 Å². The molecule has 6 heteroatoms. The third-order valence-electron chi connectivity index (χ3n) is 8.37. The van der Waals surface area contributed by atoms with Gasteiger partial charge < -0.3 is 24.6 Å². The van der Waals surface area contributed by atoms with Crippen molar-refractivity contribution in [2.75, 3.05) is 47.4 Å². The van der Waals surface area contributed by atoms with Crippen molar-refractivity contribution in [2.24, 2.45) is 0 Å². The highest BCUT2D eigenvalue weighted by Gasteiger charge is 2.40. The van der Waals surface area contributed by atoms with Crippen LogP contribution in [0, 0.1) is 0 Å². The number of nitrogens with one attached hydrogen (secondary N) is 1. The van der Waals surface area contributed by atoms with Gasteiger partial charge in [0.2, 0.25) is 0 Å². The second kappa shape index (κ2) is 15.6. The van der Waals surface area contributed by atoms with Crippen LogP contribution in [0.5, 0.6) is 11.5 Å². The molecule has 45 heavy (non-hydrogen) atoms. The maximum Gasteiger partial charge on any atom is 0.412 e. The van der Waals surface area contributed by atoms with Gasteiger partial charge in [-0.3, -0.25) is 0 Å². The van der Waals surface area contributed by atoms with Gasteiger partial charge in [0.05, 0.1) is 0 Å². The van der Waals surface area contributed by atoms with Crippen molar-refractivity contribution in [3.63, 3.8) is 0 Å². The Morgan fingerprint density at radius 1 is 0.756 bits per heavy atom. The second-order valence-corrected chi connectivity index (χ2v) is 11.9. The second-order valence-electron chi connectivity index (χ2n) is 11.9. The van der Waals surface area contributed by atoms with Crippen LogP contribution in [-0.2, 0) is 0 Å². The van der Waals surface area contributed by atoms with Gasteiger partial charge in [-0.15, -0.1) is 0 Å². The van der Waals surface area contributed by atoms with E-state index in [2.05, 4.69) is 95.8 Å². The molecule has 1 N–H and O–H groups in total. The standard InChI is InChI=1S/C39H45N3O3/c1-5-35(29-12-8-6-9-13-29)38(31-16-20-33(21-17-31)44-27-26-41(2)3)32-18-22-34(23-19-32)45-39(43)40-24-25-42(4)37-28-36(37)30-14-10-7-11-15-30/h6-23,36-37H,5,24-28H2,1-4H3,(H,40,43)/b38-35+/t36-,37+/m0/s1. The van der Waals surface area contributed by atoms with Crippen molar-refractivity contribution in [3.05, 3.63) is 131 Å². The molecule has 2 atom stereocenters. The topological polar surface area (TPSA) is 54.0 Å². The van der Waals surface area contributed by atoms with E-state index >= 15 is 0 Å². The van der Waals surface area contributed by atoms with Gasteiger partial charge in [-0.25, -0.2) is 4.79 Å². The van der Waals surface area contributed by atoms with Crippen molar-refractivity contribution < 1.29 is 14.3 Å². The van der Waals surface area contributed by atoms with Crippen molar-refractivity contribution in [3.8, 4) is 11.5 Å². The Bertz CT molecular complexity index is 1530. The first-order valence-corrected chi connectivity index (χ1v) is 15.9. The molecule has 0 unspecified atom stereocenters. The minimum atomic E-state index is -0.439. The van der Waals surface area contributed by atoms with Gasteiger partial charge in [-0.05, 0) is 91.7 Å². The zero-order valence-electron chi connectivity index (χ0n) is 26.9. The fourth-order valence-electron chi connectivity index (χ4n) is 5.80. The first-order valence-electron chi connectivity index (χ1n) is 15.9. The van der Waals surface area contributed by atoms with Gasteiger partial charge >= 0.3 is 6.09 Å². The average molecular weight is 604 g/mol. The van der Waals surface area contributed by atoms with Crippen LogP contribution in [0.1, 0.15) is 47.9 Å². The van der Waals surface area contributed by atoms with Crippen LogP contribution in [0.25, 0.3) is 11.1 Å². The fourth-order valence-corrected chi connectivity index (χ4v) is 5.80. The summed E-state index contributed by atoms with van der Waals surface area (Å²) >= 11 is 0. The first kappa shape index (κ1) is 32.0. The van der Waals surface area contributed by atoms with Gasteiger partial charge in [0.25, 0.3) is 0 Å². The molecule has 0 radical (unpaired) electrons. The van der Waals surface area contributed by atoms with Crippen molar-refractivity contribution >= 4 is 17.2 Å². The van der Waals surface area contributed by atoms with Crippen LogP contribution in [-0.4, -0.2) is 69.3 Å². The van der Waals surface area contributed by atoms with Gasteiger partial charge in [-0.1, -0.05) is 91.9 Å². The smallest absolute Gasteiger partial charge is 0.412 e. The van der Waals surface area contributed by atoms with Crippen molar-refractivity contribution in [2.45, 2.75) is 31.7 Å². The molecule has 0 heterocycles. The molecular weight excluding hydrogens is 558 g/mol. The number of nitrogens with zero attached hydrogens (tertiary/aromatic N) is 2. The Labute approximate surface area is 268 Å². The van der Waals surface area contributed by atoms with Crippen molar-refractivity contribution in [1.82, 2.24) is 15.1 Å². The minimum Gasteiger partial charge on any atom is -0.492 e. The molecule has 1 amide bonds. The summed E-state index contributed by atoms with van der Waals surface area (Å²) in [6.45, 7) is 4.99. The predicted octanol–water partition coefficient (Wildman–Crippen LogP) is 7.57. The zero-order valence-corrected chi connectivity index (χ0v) is 26.9. The van der Waals surface area contributed by atoms with E-state index < -0.39 is 6.09 Å². The third kappa shape index (κ3) is 8.84. The lowest BCUT2D eigenvalue weighted by Crippen LogP contribution is -2.35. The maximum atomic E-state index is 12.6. The Morgan fingerprint density at radius 2 is 1.36 bits per heavy atom. The molecular formula is C39H45N3O3. The monoisotopic (exact) mass is 603 g/mol. The Morgan fingerprint density at radius 3 is 1.96 bits per heavy atom. The van der Waals surface area contributed by atoms with Gasteiger partial charge in [0.1, 0.15) is 18.1 Å². The van der Waals surface area contributed by atoms with Crippen molar-refractivity contribution in [1.29, 1.82) is 0 Å². The molecule has 0 saturated heterocycles. The predicted molar refractivity (Wildman–Crippen MR) is 184 cm³/mol. The summed E-state index contributed by atoms with van der Waals surface area (Å²) in [4.78, 5) is 17.0. The Hall–Kier alpha value is -4.39. The molecule has 1 fully saturated rings. The summed E-state index contributed by atoms with van der Waals surface area (Å²) in [7, 11) is 6.20. The first-order chi connectivity index (χ1) is 21.9. The lowest BCUT2D eigenvalue weighted by molar-refractivity contribution is 0.198. The van der Waals surface area contributed by atoms with Crippen LogP contribution >= 0.6 is 0 Å². The third-order valence-corrected chi connectivity index (χ3v) is 8.37. The molecule has 6 nitrogen and oxygen atoms in total. The number of benzene rings is 4. The Kier molecular flexibility index (Phi) is 11.1. The molecule has 4 aromatic rings. The molecule has 4 aromatic carbocycles. The van der Waals surface area contributed by atoms with Crippen LogP contribution < -0.4 is 14.8 Å². The molecule has 1 saturated carbocycles. The van der Waals surface area contributed by atoms with Crippen LogP contribution in [0.4, 0.5) is 4.79 Å². The van der Waals surface area contributed by atoms with Crippen LogP contribution in [0.3, 0.4) is 0 Å². The summed E-state index contributed by atoms with van der Waals surface area (Å²) in [6, 6.07) is 37.8. The number of allylic oxidation sites excluding steroid dienone is 1. The van der Waals surface area contributed by atoms with E-state index in [1.807, 2.05) is 56.6 Å². The SMILES string of the molecule is CC/C(=C(/c1ccc(OCCN(C)C)cc1)c1ccc(OC(=O)NCCN(C)[C@@H]2C[C@H]2c2ccccc2)cc1)c1ccccc1. The zero-order chi connectivity index (χ0) is 31.6. The van der Waals surface area contributed by atoms with Crippen LogP contribution in [0.15, 0.2) is 109 Å². The molecule has 1 aliphatic carbocycles. The lowest BCUT2D eigenvalue weighted by Gasteiger charge is -2.18. The summed E-state index contributed by atoms with van der Waals surface area (Å²) in [5, 5.41) is 2.91. The fraction of sp³-hybridized carbons (Fsp3) is 0.308. The number of carbonyl (C=O) groups is 1. The van der Waals surface area contributed by atoms with E-state index in [0.29, 0.717) is 30.9 Å². The number of likely N-dealkylation sites (N-methyl/N-ethyl adjacent to an activating group) is 2. The molecule has 5 rings (SSSR count). The molecule has 0 bridgehead atoms. The number of carbonyl (C=O) groups excluding carboxylic acids is 1. The molecule has 0 spiro atoms. The number of ether oxygens (including phenoxy) is 2. The van der Waals surface area contributed by atoms with Gasteiger partial charge in [0.15, 0.2) is 0 Å². The highest BCUT2D eigenvalue weighted by Crippen LogP contribution is 2.43. The summed E-state index contributed by atoms with van der Waals surface area (Å²) < 4.78 is 11.6. The number of amides is 1. The van der Waals surface area contributed by atoms with E-state index in [9.17, 15) is 4.79 Å². The summed E-state index contributed by atoms with van der Waals surface area (Å²) in [5.41, 5.74) is 7.14. The lowest BCUT2D eigenvalue weighted by atomic mass is 9.88. The largest absolute Gasteiger partial charge is 0.492 e. The highest BCUT2D eigenvalue weighted by atomic mass is 16.6. The van der Waals surface area contributed by atoms with E-state index in [1.54, 1.807) is 0 Å².